The molecule has 0 unspecified atom stereocenters. The normalized spacial score (nSPS) is 12.9. The monoisotopic (exact) mass is 257 g/mol. The van der Waals surface area contributed by atoms with Gasteiger partial charge >= 0.3 is 0 Å². The second kappa shape index (κ2) is 6.21. The Hall–Kier alpha value is -2.34. The third-order valence-corrected chi connectivity index (χ3v) is 3.50. The van der Waals surface area contributed by atoms with Crippen molar-refractivity contribution in [3.8, 4) is 0 Å². The van der Waals surface area contributed by atoms with Crippen LogP contribution in [0.5, 0.6) is 0 Å². The molecule has 0 saturated heterocycles. The molecule has 0 heteroatoms. The maximum atomic E-state index is 3.34. The van der Waals surface area contributed by atoms with Crippen molar-refractivity contribution in [3.05, 3.63) is 107 Å². The van der Waals surface area contributed by atoms with E-state index in [0.717, 1.165) is 12.8 Å². The van der Waals surface area contributed by atoms with Crippen LogP contribution in [0.3, 0.4) is 0 Å². The Morgan fingerprint density at radius 2 is 1.30 bits per heavy atom. The van der Waals surface area contributed by atoms with Crippen LogP contribution in [0, 0.1) is 6.08 Å². The number of benzene rings is 2. The van der Waals surface area contributed by atoms with Crippen LogP contribution < -0.4 is 0 Å². The molecule has 1 aliphatic carbocycles. The fourth-order valence-electron chi connectivity index (χ4n) is 2.49. The van der Waals surface area contributed by atoms with E-state index in [4.69, 9.17) is 0 Å². The summed E-state index contributed by atoms with van der Waals surface area (Å²) in [6.07, 6.45) is 11.5. The van der Waals surface area contributed by atoms with E-state index in [1.807, 2.05) is 6.08 Å². The molecule has 97 valence electrons. The molecule has 0 heterocycles. The first-order chi connectivity index (χ1) is 9.92. The molecule has 0 fully saturated rings. The van der Waals surface area contributed by atoms with Gasteiger partial charge in [-0.05, 0) is 35.6 Å². The Labute approximate surface area is 120 Å². The molecule has 2 aromatic rings. The summed E-state index contributed by atoms with van der Waals surface area (Å²) < 4.78 is 0. The zero-order valence-corrected chi connectivity index (χ0v) is 11.4. The lowest BCUT2D eigenvalue weighted by molar-refractivity contribution is 1.02. The van der Waals surface area contributed by atoms with E-state index < -0.39 is 0 Å². The minimum absolute atomic E-state index is 0.982. The highest BCUT2D eigenvalue weighted by Crippen LogP contribution is 2.21. The lowest BCUT2D eigenvalue weighted by Crippen LogP contribution is -1.98. The Morgan fingerprint density at radius 1 is 0.750 bits per heavy atom. The number of rotatable bonds is 4. The van der Waals surface area contributed by atoms with Gasteiger partial charge in [0.2, 0.25) is 0 Å². The topological polar surface area (TPSA) is 0 Å². The minimum Gasteiger partial charge on any atom is -0.0622 e. The van der Waals surface area contributed by atoms with Crippen LogP contribution in [0.2, 0.25) is 0 Å². The van der Waals surface area contributed by atoms with Crippen molar-refractivity contribution in [1.29, 1.82) is 0 Å². The van der Waals surface area contributed by atoms with E-state index >= 15 is 0 Å². The lowest BCUT2D eigenvalue weighted by Gasteiger charge is -2.10. The van der Waals surface area contributed by atoms with Crippen molar-refractivity contribution in [2.45, 2.75) is 12.8 Å². The molecule has 1 radical (unpaired) electrons. The molecule has 0 amide bonds. The van der Waals surface area contributed by atoms with Crippen molar-refractivity contribution in [2.75, 3.05) is 0 Å². The molecular weight excluding hydrogens is 240 g/mol. The molecule has 0 spiro atoms. The van der Waals surface area contributed by atoms with Crippen LogP contribution in [0.1, 0.15) is 11.1 Å². The standard InChI is InChI=1S/C20H17/c1-3-9-17(10-4-1)15-20(19-13-7-8-14-19)16-18-11-5-2-6-12-18/h1-13H,15-16H2. The SMILES string of the molecule is [C]1=CC=CC1=C(Cc1ccccc1)Cc1ccccc1. The average Bonchev–Trinajstić information content (AvgIpc) is 3.03. The highest BCUT2D eigenvalue weighted by Gasteiger charge is 2.07. The van der Waals surface area contributed by atoms with E-state index in [1.165, 1.54) is 22.3 Å². The molecule has 20 heavy (non-hydrogen) atoms. The lowest BCUT2D eigenvalue weighted by atomic mass is 9.94. The van der Waals surface area contributed by atoms with Crippen molar-refractivity contribution >= 4 is 0 Å². The largest absolute Gasteiger partial charge is 0.0622 e. The Morgan fingerprint density at radius 3 is 1.75 bits per heavy atom. The van der Waals surface area contributed by atoms with Crippen LogP contribution in [-0.2, 0) is 12.8 Å². The van der Waals surface area contributed by atoms with Crippen LogP contribution in [0.4, 0.5) is 0 Å². The maximum absolute atomic E-state index is 3.34. The van der Waals surface area contributed by atoms with E-state index in [9.17, 15) is 0 Å². The Balaban J connectivity index is 1.88. The smallest absolute Gasteiger partial charge is 0.00545 e. The van der Waals surface area contributed by atoms with Crippen LogP contribution in [0.15, 0.2) is 90.0 Å². The number of allylic oxidation sites excluding steroid dienone is 6. The number of hydrogen-bond acceptors (Lipinski definition) is 0. The second-order valence-electron chi connectivity index (χ2n) is 5.01. The zero-order chi connectivity index (χ0) is 13.6. The molecule has 0 aliphatic heterocycles. The van der Waals surface area contributed by atoms with Gasteiger partial charge in [0.25, 0.3) is 0 Å². The summed E-state index contributed by atoms with van der Waals surface area (Å²) in [6, 6.07) is 21.3. The predicted molar refractivity (Wildman–Crippen MR) is 84.3 cm³/mol. The fraction of sp³-hybridized carbons (Fsp3) is 0.100. The predicted octanol–water partition coefficient (Wildman–Crippen LogP) is 4.70. The van der Waals surface area contributed by atoms with Crippen LogP contribution in [-0.4, -0.2) is 0 Å². The van der Waals surface area contributed by atoms with Gasteiger partial charge in [-0.15, -0.1) is 0 Å². The summed E-state index contributed by atoms with van der Waals surface area (Å²) in [7, 11) is 0. The van der Waals surface area contributed by atoms with E-state index in [1.54, 1.807) is 0 Å². The van der Waals surface area contributed by atoms with Gasteiger partial charge in [0.1, 0.15) is 0 Å². The summed E-state index contributed by atoms with van der Waals surface area (Å²) in [5, 5.41) is 0. The van der Waals surface area contributed by atoms with E-state index in [2.05, 4.69) is 78.9 Å². The van der Waals surface area contributed by atoms with Gasteiger partial charge in [-0.3, -0.25) is 0 Å². The molecule has 3 rings (SSSR count). The zero-order valence-electron chi connectivity index (χ0n) is 11.4. The van der Waals surface area contributed by atoms with Gasteiger partial charge in [0, 0.05) is 0 Å². The molecule has 0 N–H and O–H groups in total. The summed E-state index contributed by atoms with van der Waals surface area (Å²) in [5.41, 5.74) is 5.37. The molecule has 0 aromatic heterocycles. The summed E-state index contributed by atoms with van der Waals surface area (Å²) >= 11 is 0. The maximum Gasteiger partial charge on any atom is -0.00545 e. The summed E-state index contributed by atoms with van der Waals surface area (Å²) in [4.78, 5) is 0. The van der Waals surface area contributed by atoms with E-state index in [-0.39, 0.29) is 0 Å². The first kappa shape index (κ1) is 12.7. The van der Waals surface area contributed by atoms with Gasteiger partial charge < -0.3 is 0 Å². The number of hydrogen-bond donors (Lipinski definition) is 0. The van der Waals surface area contributed by atoms with Gasteiger partial charge in [0.15, 0.2) is 0 Å². The van der Waals surface area contributed by atoms with Crippen molar-refractivity contribution in [3.63, 3.8) is 0 Å². The average molecular weight is 257 g/mol. The molecular formula is C20H17. The molecule has 2 aromatic carbocycles. The first-order valence-electron chi connectivity index (χ1n) is 6.98. The van der Waals surface area contributed by atoms with Crippen molar-refractivity contribution < 1.29 is 0 Å². The summed E-state index contributed by atoms with van der Waals surface area (Å²) in [5.74, 6) is 0. The minimum atomic E-state index is 0.982. The van der Waals surface area contributed by atoms with Gasteiger partial charge in [0.05, 0.1) is 0 Å². The van der Waals surface area contributed by atoms with Crippen molar-refractivity contribution in [1.82, 2.24) is 0 Å². The van der Waals surface area contributed by atoms with Gasteiger partial charge in [-0.2, -0.15) is 0 Å². The summed E-state index contributed by atoms with van der Waals surface area (Å²) in [6.45, 7) is 0. The Bertz CT molecular complexity index is 585. The van der Waals surface area contributed by atoms with E-state index in [0.29, 0.717) is 0 Å². The van der Waals surface area contributed by atoms with Gasteiger partial charge in [-0.25, -0.2) is 0 Å². The Kier molecular flexibility index (Phi) is 3.93. The quantitative estimate of drug-likeness (QED) is 0.745. The third-order valence-electron chi connectivity index (χ3n) is 3.50. The molecule has 0 saturated carbocycles. The van der Waals surface area contributed by atoms with Gasteiger partial charge in [-0.1, -0.05) is 84.5 Å². The highest BCUT2D eigenvalue weighted by molar-refractivity contribution is 5.43. The van der Waals surface area contributed by atoms with Crippen LogP contribution in [0.25, 0.3) is 0 Å². The van der Waals surface area contributed by atoms with Crippen molar-refractivity contribution in [2.24, 2.45) is 0 Å². The molecule has 0 atom stereocenters. The fourth-order valence-corrected chi connectivity index (χ4v) is 2.49. The first-order valence-corrected chi connectivity index (χ1v) is 6.98. The van der Waals surface area contributed by atoms with Crippen LogP contribution >= 0.6 is 0 Å². The molecule has 0 bridgehead atoms. The highest BCUT2D eigenvalue weighted by atomic mass is 14.1. The molecule has 1 aliphatic rings. The second-order valence-corrected chi connectivity index (χ2v) is 5.01. The third kappa shape index (κ3) is 3.16. The molecule has 0 nitrogen and oxygen atoms in total.